The van der Waals surface area contributed by atoms with Crippen LogP contribution in [0.3, 0.4) is 0 Å². The first-order chi connectivity index (χ1) is 7.39. The van der Waals surface area contributed by atoms with Crippen molar-refractivity contribution in [3.05, 3.63) is 22.2 Å². The van der Waals surface area contributed by atoms with E-state index in [-0.39, 0.29) is 0 Å². The molecule has 0 aliphatic heterocycles. The zero-order chi connectivity index (χ0) is 12.3. The zero-order valence-electron chi connectivity index (χ0n) is 10.0. The molecule has 3 nitrogen and oxygen atoms in total. The van der Waals surface area contributed by atoms with Gasteiger partial charge in [0.1, 0.15) is 0 Å². The highest BCUT2D eigenvalue weighted by Crippen LogP contribution is 2.38. The predicted octanol–water partition coefficient (Wildman–Crippen LogP) is 2.78. The summed E-state index contributed by atoms with van der Waals surface area (Å²) in [5.41, 5.74) is 0.243. The molecular weight excluding hydrogens is 272 g/mol. The Labute approximate surface area is 105 Å². The normalized spacial score (nSPS) is 11.4. The average molecular weight is 289 g/mol. The van der Waals surface area contributed by atoms with Crippen LogP contribution in [0, 0.1) is 0 Å². The lowest BCUT2D eigenvalue weighted by Crippen LogP contribution is -2.22. The van der Waals surface area contributed by atoms with Crippen LogP contribution >= 0.6 is 15.9 Å². The van der Waals surface area contributed by atoms with Crippen LogP contribution in [0.4, 0.5) is 0 Å². The fourth-order valence-corrected chi connectivity index (χ4v) is 2.16. The van der Waals surface area contributed by atoms with Crippen molar-refractivity contribution in [2.24, 2.45) is 0 Å². The van der Waals surface area contributed by atoms with Crippen molar-refractivity contribution >= 4 is 15.9 Å². The molecule has 0 heterocycles. The predicted molar refractivity (Wildman–Crippen MR) is 67.2 cm³/mol. The molecule has 0 saturated carbocycles. The highest BCUT2D eigenvalue weighted by Gasteiger charge is 2.19. The molecule has 0 spiro atoms. The summed E-state index contributed by atoms with van der Waals surface area (Å²) in [7, 11) is 3.19. The van der Waals surface area contributed by atoms with Gasteiger partial charge in [0.25, 0.3) is 0 Å². The van der Waals surface area contributed by atoms with Gasteiger partial charge in [-0.15, -0.1) is 0 Å². The molecule has 0 amide bonds. The minimum atomic E-state index is -0.748. The Balaban J connectivity index is 3.14. The number of hydrogen-bond donors (Lipinski definition) is 1. The standard InChI is InChI=1S/C12H17BrO3/c1-12(2,14)7-8-5-6-9(15-3)11(16-4)10(8)13/h5-6,14H,7H2,1-4H3. The summed E-state index contributed by atoms with van der Waals surface area (Å²) in [5.74, 6) is 1.33. The van der Waals surface area contributed by atoms with E-state index in [1.807, 2.05) is 12.1 Å². The first-order valence-corrected chi connectivity index (χ1v) is 5.80. The molecule has 1 aromatic rings. The molecule has 0 aliphatic rings. The van der Waals surface area contributed by atoms with Gasteiger partial charge in [-0.05, 0) is 41.4 Å². The molecule has 90 valence electrons. The van der Waals surface area contributed by atoms with Crippen molar-refractivity contribution in [2.75, 3.05) is 14.2 Å². The maximum Gasteiger partial charge on any atom is 0.175 e. The minimum absolute atomic E-state index is 0.550. The number of hydrogen-bond acceptors (Lipinski definition) is 3. The molecule has 1 N–H and O–H groups in total. The van der Waals surface area contributed by atoms with Gasteiger partial charge in [0.2, 0.25) is 0 Å². The number of rotatable bonds is 4. The Hall–Kier alpha value is -0.740. The number of aliphatic hydroxyl groups is 1. The molecule has 0 unspecified atom stereocenters. The van der Waals surface area contributed by atoms with Crippen molar-refractivity contribution in [3.8, 4) is 11.5 Å². The van der Waals surface area contributed by atoms with Crippen LogP contribution in [-0.4, -0.2) is 24.9 Å². The third-order valence-electron chi connectivity index (χ3n) is 2.19. The van der Waals surface area contributed by atoms with Gasteiger partial charge < -0.3 is 14.6 Å². The van der Waals surface area contributed by atoms with E-state index in [4.69, 9.17) is 9.47 Å². The van der Waals surface area contributed by atoms with Crippen LogP contribution in [0.5, 0.6) is 11.5 Å². The largest absolute Gasteiger partial charge is 0.493 e. The van der Waals surface area contributed by atoms with Crippen molar-refractivity contribution < 1.29 is 14.6 Å². The summed E-state index contributed by atoms with van der Waals surface area (Å²) >= 11 is 3.47. The van der Waals surface area contributed by atoms with E-state index in [0.717, 1.165) is 10.0 Å². The van der Waals surface area contributed by atoms with Gasteiger partial charge in [-0.2, -0.15) is 0 Å². The van der Waals surface area contributed by atoms with Crippen LogP contribution in [-0.2, 0) is 6.42 Å². The second-order valence-corrected chi connectivity index (χ2v) is 5.06. The fraction of sp³-hybridized carbons (Fsp3) is 0.500. The number of benzene rings is 1. The molecule has 0 atom stereocenters. The summed E-state index contributed by atoms with van der Waals surface area (Å²) in [4.78, 5) is 0. The highest BCUT2D eigenvalue weighted by atomic mass is 79.9. The molecule has 0 aliphatic carbocycles. The van der Waals surface area contributed by atoms with E-state index in [9.17, 15) is 5.11 Å². The lowest BCUT2D eigenvalue weighted by Gasteiger charge is -2.19. The van der Waals surface area contributed by atoms with Crippen LogP contribution in [0.1, 0.15) is 19.4 Å². The monoisotopic (exact) mass is 288 g/mol. The maximum absolute atomic E-state index is 9.79. The molecule has 0 aromatic heterocycles. The van der Waals surface area contributed by atoms with Gasteiger partial charge in [0.05, 0.1) is 24.3 Å². The Morgan fingerprint density at radius 1 is 1.25 bits per heavy atom. The summed E-state index contributed by atoms with van der Waals surface area (Å²) in [5, 5.41) is 9.79. The van der Waals surface area contributed by atoms with Gasteiger partial charge in [-0.25, -0.2) is 0 Å². The third-order valence-corrected chi connectivity index (χ3v) is 3.06. The van der Waals surface area contributed by atoms with E-state index in [1.54, 1.807) is 28.1 Å². The number of methoxy groups -OCH3 is 2. The second kappa shape index (κ2) is 5.06. The lowest BCUT2D eigenvalue weighted by atomic mass is 9.98. The van der Waals surface area contributed by atoms with Crippen LogP contribution < -0.4 is 9.47 Å². The fourth-order valence-electron chi connectivity index (χ4n) is 1.53. The van der Waals surface area contributed by atoms with Crippen molar-refractivity contribution in [1.29, 1.82) is 0 Å². The summed E-state index contributed by atoms with van der Waals surface area (Å²) in [6, 6.07) is 3.76. The molecular formula is C12H17BrO3. The van der Waals surface area contributed by atoms with E-state index in [0.29, 0.717) is 17.9 Å². The van der Waals surface area contributed by atoms with E-state index >= 15 is 0 Å². The molecule has 0 radical (unpaired) electrons. The molecule has 0 saturated heterocycles. The highest BCUT2D eigenvalue weighted by molar-refractivity contribution is 9.10. The van der Waals surface area contributed by atoms with Crippen molar-refractivity contribution in [1.82, 2.24) is 0 Å². The van der Waals surface area contributed by atoms with Crippen LogP contribution in [0.15, 0.2) is 16.6 Å². The topological polar surface area (TPSA) is 38.7 Å². The van der Waals surface area contributed by atoms with Crippen LogP contribution in [0.25, 0.3) is 0 Å². The quantitative estimate of drug-likeness (QED) is 0.926. The van der Waals surface area contributed by atoms with Gasteiger partial charge >= 0.3 is 0 Å². The second-order valence-electron chi connectivity index (χ2n) is 4.26. The SMILES string of the molecule is COc1ccc(CC(C)(C)O)c(Br)c1OC. The van der Waals surface area contributed by atoms with Crippen molar-refractivity contribution in [2.45, 2.75) is 25.9 Å². The Morgan fingerprint density at radius 3 is 2.31 bits per heavy atom. The lowest BCUT2D eigenvalue weighted by molar-refractivity contribution is 0.0807. The molecule has 0 fully saturated rings. The maximum atomic E-state index is 9.79. The number of halogens is 1. The summed E-state index contributed by atoms with van der Waals surface area (Å²) in [6.45, 7) is 3.55. The van der Waals surface area contributed by atoms with Crippen molar-refractivity contribution in [3.63, 3.8) is 0 Å². The number of ether oxygens (including phenoxy) is 2. The molecule has 16 heavy (non-hydrogen) atoms. The molecule has 1 aromatic carbocycles. The molecule has 0 bridgehead atoms. The third kappa shape index (κ3) is 3.12. The van der Waals surface area contributed by atoms with E-state index in [1.165, 1.54) is 0 Å². The van der Waals surface area contributed by atoms with Gasteiger partial charge in [-0.1, -0.05) is 6.07 Å². The minimum Gasteiger partial charge on any atom is -0.493 e. The van der Waals surface area contributed by atoms with E-state index in [2.05, 4.69) is 15.9 Å². The van der Waals surface area contributed by atoms with Crippen LogP contribution in [0.2, 0.25) is 0 Å². The van der Waals surface area contributed by atoms with Gasteiger partial charge in [0, 0.05) is 6.42 Å². The van der Waals surface area contributed by atoms with Gasteiger partial charge in [0.15, 0.2) is 11.5 Å². The first kappa shape index (κ1) is 13.3. The Kier molecular flexibility index (Phi) is 4.21. The summed E-state index contributed by atoms with van der Waals surface area (Å²) in [6.07, 6.45) is 0.550. The first-order valence-electron chi connectivity index (χ1n) is 5.01. The molecule has 4 heteroatoms. The zero-order valence-corrected chi connectivity index (χ0v) is 11.6. The van der Waals surface area contributed by atoms with Gasteiger partial charge in [-0.3, -0.25) is 0 Å². The Morgan fingerprint density at radius 2 is 1.88 bits per heavy atom. The smallest absolute Gasteiger partial charge is 0.175 e. The van der Waals surface area contributed by atoms with E-state index < -0.39 is 5.60 Å². The Bertz CT molecular complexity index is 369. The summed E-state index contributed by atoms with van der Waals surface area (Å²) < 4.78 is 11.3. The molecule has 1 rings (SSSR count). The average Bonchev–Trinajstić information content (AvgIpc) is 2.19.